The topological polar surface area (TPSA) is 40.5 Å². The molecule has 0 atom stereocenters. The minimum Gasteiger partial charge on any atom is -0.508 e. The Morgan fingerprint density at radius 1 is 1.28 bits per heavy atom. The van der Waals surface area contributed by atoms with Gasteiger partial charge in [-0.05, 0) is 49.9 Å². The second-order valence-corrected chi connectivity index (χ2v) is 4.75. The number of phenolic OH excluding ortho intramolecular Hbond substituents is 1. The van der Waals surface area contributed by atoms with Gasteiger partial charge in [0.05, 0.1) is 0 Å². The van der Waals surface area contributed by atoms with Crippen molar-refractivity contribution in [3.8, 4) is 5.75 Å². The molecule has 0 bridgehead atoms. The fraction of sp³-hybridized carbons (Fsp3) is 0.400. The molecule has 1 aromatic carbocycles. The summed E-state index contributed by atoms with van der Waals surface area (Å²) in [6.07, 6.45) is 7.30. The van der Waals surface area contributed by atoms with Gasteiger partial charge < -0.3 is 10.0 Å². The van der Waals surface area contributed by atoms with Gasteiger partial charge in [-0.1, -0.05) is 11.6 Å². The van der Waals surface area contributed by atoms with Crippen LogP contribution in [0.5, 0.6) is 5.75 Å². The lowest BCUT2D eigenvalue weighted by molar-refractivity contribution is -0.117. The van der Waals surface area contributed by atoms with Crippen LogP contribution in [0.4, 0.5) is 5.69 Å². The predicted molar refractivity (Wildman–Crippen MR) is 72.7 cm³/mol. The van der Waals surface area contributed by atoms with E-state index in [-0.39, 0.29) is 11.7 Å². The number of allylic oxidation sites excluding steroid dienone is 1. The van der Waals surface area contributed by atoms with Gasteiger partial charge in [0, 0.05) is 19.2 Å². The van der Waals surface area contributed by atoms with Crippen molar-refractivity contribution < 1.29 is 9.90 Å². The number of carbonyl (C=O) groups excluding carboxylic acids is 1. The zero-order valence-electron chi connectivity index (χ0n) is 10.7. The first-order valence-electron chi connectivity index (χ1n) is 6.40. The van der Waals surface area contributed by atoms with Gasteiger partial charge in [-0.3, -0.25) is 4.79 Å². The predicted octanol–water partition coefficient (Wildman–Crippen LogP) is 3.25. The van der Waals surface area contributed by atoms with Crippen molar-refractivity contribution in [2.45, 2.75) is 32.1 Å². The third-order valence-electron chi connectivity index (χ3n) is 3.37. The van der Waals surface area contributed by atoms with E-state index in [0.717, 1.165) is 18.5 Å². The molecule has 0 fully saturated rings. The van der Waals surface area contributed by atoms with Gasteiger partial charge in [-0.25, -0.2) is 0 Å². The zero-order valence-corrected chi connectivity index (χ0v) is 10.7. The number of rotatable bonds is 3. The Morgan fingerprint density at radius 3 is 2.61 bits per heavy atom. The van der Waals surface area contributed by atoms with Crippen LogP contribution >= 0.6 is 0 Å². The molecule has 1 aliphatic rings. The van der Waals surface area contributed by atoms with Crippen LogP contribution in [-0.4, -0.2) is 18.1 Å². The Labute approximate surface area is 108 Å². The fourth-order valence-electron chi connectivity index (χ4n) is 2.20. The van der Waals surface area contributed by atoms with Gasteiger partial charge in [-0.15, -0.1) is 0 Å². The maximum Gasteiger partial charge on any atom is 0.230 e. The third kappa shape index (κ3) is 3.13. The molecule has 0 saturated heterocycles. The molecule has 3 nitrogen and oxygen atoms in total. The molecular formula is C15H19NO2. The standard InChI is InChI=1S/C15H19NO2/c1-16(13-7-9-14(17)10-8-13)15(18)11-12-5-3-2-4-6-12/h5,7-10,17H,2-4,6,11H2,1H3. The highest BCUT2D eigenvalue weighted by Gasteiger charge is 2.14. The fourth-order valence-corrected chi connectivity index (χ4v) is 2.20. The average Bonchev–Trinajstić information content (AvgIpc) is 2.40. The van der Waals surface area contributed by atoms with Gasteiger partial charge in [-0.2, -0.15) is 0 Å². The molecule has 0 unspecified atom stereocenters. The van der Waals surface area contributed by atoms with E-state index >= 15 is 0 Å². The highest BCUT2D eigenvalue weighted by Crippen LogP contribution is 2.23. The molecule has 2 rings (SSSR count). The van der Waals surface area contributed by atoms with Gasteiger partial charge >= 0.3 is 0 Å². The number of phenols is 1. The Kier molecular flexibility index (Phi) is 4.03. The van der Waals surface area contributed by atoms with Crippen LogP contribution in [0.1, 0.15) is 32.1 Å². The van der Waals surface area contributed by atoms with E-state index in [9.17, 15) is 9.90 Å². The summed E-state index contributed by atoms with van der Waals surface area (Å²) in [6, 6.07) is 6.70. The number of anilines is 1. The second kappa shape index (κ2) is 5.71. The summed E-state index contributed by atoms with van der Waals surface area (Å²) in [6.45, 7) is 0. The van der Waals surface area contributed by atoms with E-state index in [4.69, 9.17) is 0 Å². The number of hydrogen-bond donors (Lipinski definition) is 1. The van der Waals surface area contributed by atoms with Crippen molar-refractivity contribution in [2.75, 3.05) is 11.9 Å². The van der Waals surface area contributed by atoms with E-state index in [1.54, 1.807) is 36.2 Å². The first-order valence-corrected chi connectivity index (χ1v) is 6.40. The molecule has 0 radical (unpaired) electrons. The number of hydrogen-bond acceptors (Lipinski definition) is 2. The normalized spacial score (nSPS) is 15.1. The smallest absolute Gasteiger partial charge is 0.230 e. The second-order valence-electron chi connectivity index (χ2n) is 4.75. The number of benzene rings is 1. The summed E-state index contributed by atoms with van der Waals surface area (Å²) in [5, 5.41) is 9.23. The highest BCUT2D eigenvalue weighted by molar-refractivity contribution is 5.94. The molecule has 0 heterocycles. The Bertz CT molecular complexity index is 448. The number of amides is 1. The lowest BCUT2D eigenvalue weighted by Crippen LogP contribution is -2.26. The maximum atomic E-state index is 12.1. The minimum absolute atomic E-state index is 0.105. The molecule has 1 N–H and O–H groups in total. The summed E-state index contributed by atoms with van der Waals surface area (Å²) in [4.78, 5) is 13.8. The molecule has 0 aromatic heterocycles. The molecule has 96 valence electrons. The molecule has 1 aromatic rings. The number of carbonyl (C=O) groups is 1. The largest absolute Gasteiger partial charge is 0.508 e. The van der Waals surface area contributed by atoms with Crippen LogP contribution in [0.2, 0.25) is 0 Å². The maximum absolute atomic E-state index is 12.1. The van der Waals surface area contributed by atoms with Gasteiger partial charge in [0.1, 0.15) is 5.75 Å². The van der Waals surface area contributed by atoms with Crippen molar-refractivity contribution in [2.24, 2.45) is 0 Å². The SMILES string of the molecule is CN(C(=O)CC1=CCCCC1)c1ccc(O)cc1. The summed E-state index contributed by atoms with van der Waals surface area (Å²) in [5.74, 6) is 0.323. The van der Waals surface area contributed by atoms with E-state index in [0.29, 0.717) is 6.42 Å². The van der Waals surface area contributed by atoms with Crippen molar-refractivity contribution in [3.05, 3.63) is 35.9 Å². The number of aromatic hydroxyl groups is 1. The molecule has 1 aliphatic carbocycles. The third-order valence-corrected chi connectivity index (χ3v) is 3.37. The van der Waals surface area contributed by atoms with E-state index in [2.05, 4.69) is 6.08 Å². The lowest BCUT2D eigenvalue weighted by atomic mass is 9.97. The van der Waals surface area contributed by atoms with E-state index in [1.165, 1.54) is 18.4 Å². The van der Waals surface area contributed by atoms with Crippen LogP contribution in [0.15, 0.2) is 35.9 Å². The Hall–Kier alpha value is -1.77. The van der Waals surface area contributed by atoms with Crippen molar-refractivity contribution in [1.29, 1.82) is 0 Å². The molecule has 0 saturated carbocycles. The summed E-state index contributed by atoms with van der Waals surface area (Å²) in [5.41, 5.74) is 2.08. The Balaban J connectivity index is 2.00. The van der Waals surface area contributed by atoms with Crippen LogP contribution in [-0.2, 0) is 4.79 Å². The summed E-state index contributed by atoms with van der Waals surface area (Å²) < 4.78 is 0. The van der Waals surface area contributed by atoms with Crippen molar-refractivity contribution >= 4 is 11.6 Å². The number of nitrogens with zero attached hydrogens (tertiary/aromatic N) is 1. The van der Waals surface area contributed by atoms with Crippen LogP contribution in [0, 0.1) is 0 Å². The monoisotopic (exact) mass is 245 g/mol. The van der Waals surface area contributed by atoms with Crippen molar-refractivity contribution in [3.63, 3.8) is 0 Å². The Morgan fingerprint density at radius 2 is 2.00 bits per heavy atom. The quantitative estimate of drug-likeness (QED) is 0.830. The van der Waals surface area contributed by atoms with Gasteiger partial charge in [0.15, 0.2) is 0 Å². The van der Waals surface area contributed by atoms with E-state index in [1.807, 2.05) is 0 Å². The average molecular weight is 245 g/mol. The molecule has 18 heavy (non-hydrogen) atoms. The summed E-state index contributed by atoms with van der Waals surface area (Å²) in [7, 11) is 1.78. The van der Waals surface area contributed by atoms with Gasteiger partial charge in [0.25, 0.3) is 0 Å². The molecule has 0 spiro atoms. The van der Waals surface area contributed by atoms with Gasteiger partial charge in [0.2, 0.25) is 5.91 Å². The minimum atomic E-state index is 0.105. The zero-order chi connectivity index (χ0) is 13.0. The van der Waals surface area contributed by atoms with Crippen molar-refractivity contribution in [1.82, 2.24) is 0 Å². The first kappa shape index (κ1) is 12.7. The molecule has 3 heteroatoms. The van der Waals surface area contributed by atoms with E-state index < -0.39 is 0 Å². The molecule has 1 amide bonds. The molecular weight excluding hydrogens is 226 g/mol. The van der Waals surface area contributed by atoms with Crippen LogP contribution < -0.4 is 4.90 Å². The van der Waals surface area contributed by atoms with Crippen LogP contribution in [0.25, 0.3) is 0 Å². The molecule has 0 aliphatic heterocycles. The first-order chi connectivity index (χ1) is 8.66. The lowest BCUT2D eigenvalue weighted by Gasteiger charge is -2.19. The summed E-state index contributed by atoms with van der Waals surface area (Å²) >= 11 is 0. The van der Waals surface area contributed by atoms with Crippen LogP contribution in [0.3, 0.4) is 0 Å². The highest BCUT2D eigenvalue weighted by atomic mass is 16.3.